The van der Waals surface area contributed by atoms with Crippen LogP contribution in [0.25, 0.3) is 0 Å². The average Bonchev–Trinajstić information content (AvgIpc) is 0.811. The summed E-state index contributed by atoms with van der Waals surface area (Å²) in [4.78, 5) is 0. The van der Waals surface area contributed by atoms with E-state index in [1.54, 1.807) is 0 Å². The van der Waals surface area contributed by atoms with Crippen LogP contribution >= 0.6 is 0 Å². The molecule has 0 bridgehead atoms. The van der Waals surface area contributed by atoms with Crippen LogP contribution in [0.2, 0.25) is 0 Å². The maximum Gasteiger partial charge on any atom is 1.00 e. The van der Waals surface area contributed by atoms with E-state index >= 15 is 0 Å². The quantitative estimate of drug-likeness (QED) is 0.234. The van der Waals surface area contributed by atoms with Gasteiger partial charge >= 0.3 is 18.9 Å². The smallest absolute Gasteiger partial charge is 0.515 e. The summed E-state index contributed by atoms with van der Waals surface area (Å²) >= 11 is 0. The summed E-state index contributed by atoms with van der Waals surface area (Å²) in [7, 11) is 0. The van der Waals surface area contributed by atoms with E-state index in [4.69, 9.17) is 6.58 Å². The van der Waals surface area contributed by atoms with E-state index in [0.717, 1.165) is 5.57 Å². The van der Waals surface area contributed by atoms with Crippen LogP contribution in [0.3, 0.4) is 0 Å². The predicted octanol–water partition coefficient (Wildman–Crippen LogP) is -1.61. The summed E-state index contributed by atoms with van der Waals surface area (Å²) in [5.41, 5.74) is 0.917. The fourth-order valence-corrected chi connectivity index (χ4v) is 0. The molecule has 0 saturated carbocycles. The number of allylic oxidation sites excluding steroid dienone is 1. The van der Waals surface area contributed by atoms with E-state index in [0.29, 0.717) is 0 Å². The first-order valence-electron chi connectivity index (χ1n) is 1.29. The zero-order chi connectivity index (χ0) is 3.58. The molecule has 24 valence electrons. The van der Waals surface area contributed by atoms with Gasteiger partial charge in [-0.2, -0.15) is 0 Å². The minimum atomic E-state index is 0. The standard InChI is InChI=1S/C4H7.Li/c1-4(2)3;/h1H,2-3H3;/q-1;+1. The first kappa shape index (κ1) is 9.02. The predicted molar refractivity (Wildman–Crippen MR) is 19.2 cm³/mol. The maximum atomic E-state index is 5.03. The molecule has 0 aromatic rings. The molecule has 0 unspecified atom stereocenters. The summed E-state index contributed by atoms with van der Waals surface area (Å²) in [6, 6.07) is 0. The molecule has 0 fully saturated rings. The molecule has 0 aliphatic carbocycles. The SMILES string of the molecule is [CH-]=C(C)C.[Li+]. The van der Waals surface area contributed by atoms with Crippen molar-refractivity contribution in [1.29, 1.82) is 0 Å². The topological polar surface area (TPSA) is 0 Å². The Balaban J connectivity index is 0. The molecular weight excluding hydrogens is 55.0 g/mol. The van der Waals surface area contributed by atoms with Gasteiger partial charge in [-0.1, -0.05) is 13.8 Å². The van der Waals surface area contributed by atoms with Gasteiger partial charge < -0.3 is 6.58 Å². The van der Waals surface area contributed by atoms with Gasteiger partial charge in [-0.25, -0.2) is 0 Å². The van der Waals surface area contributed by atoms with Crippen LogP contribution in [-0.2, 0) is 0 Å². The molecule has 0 atom stereocenters. The molecule has 0 nitrogen and oxygen atoms in total. The van der Waals surface area contributed by atoms with Crippen LogP contribution in [0, 0.1) is 6.58 Å². The second-order valence-electron chi connectivity index (χ2n) is 1.08. The van der Waals surface area contributed by atoms with Gasteiger partial charge in [0.1, 0.15) is 0 Å². The third kappa shape index (κ3) is 208. The Hall–Kier alpha value is 0.337. The van der Waals surface area contributed by atoms with E-state index in [2.05, 4.69) is 0 Å². The zero-order valence-corrected chi connectivity index (χ0v) is 4.08. The van der Waals surface area contributed by atoms with Crippen molar-refractivity contribution in [1.82, 2.24) is 0 Å². The van der Waals surface area contributed by atoms with E-state index in [1.165, 1.54) is 0 Å². The summed E-state index contributed by atoms with van der Waals surface area (Å²) in [6.45, 7) is 8.75. The van der Waals surface area contributed by atoms with Crippen molar-refractivity contribution in [2.45, 2.75) is 13.8 Å². The molecule has 5 heavy (non-hydrogen) atoms. The monoisotopic (exact) mass is 62.1 g/mol. The van der Waals surface area contributed by atoms with Crippen molar-refractivity contribution in [2.75, 3.05) is 0 Å². The van der Waals surface area contributed by atoms with Crippen LogP contribution in [0.4, 0.5) is 0 Å². The second-order valence-corrected chi connectivity index (χ2v) is 1.08. The number of hydrogen-bond acceptors (Lipinski definition) is 0. The Bertz CT molecular complexity index is 26.6. The molecule has 0 rings (SSSR count). The fraction of sp³-hybridized carbons (Fsp3) is 0.500. The van der Waals surface area contributed by atoms with Gasteiger partial charge in [-0.3, -0.25) is 5.57 Å². The molecule has 1 heteroatoms. The molecule has 0 radical (unpaired) electrons. The average molecular weight is 62.0 g/mol. The first-order valence-corrected chi connectivity index (χ1v) is 1.29. The number of rotatable bonds is 0. The minimum absolute atomic E-state index is 0. The van der Waals surface area contributed by atoms with Crippen LogP contribution < -0.4 is 18.9 Å². The second kappa shape index (κ2) is 4.34. The van der Waals surface area contributed by atoms with E-state index in [1.807, 2.05) is 13.8 Å². The molecule has 0 aliphatic heterocycles. The van der Waals surface area contributed by atoms with Crippen molar-refractivity contribution in [3.05, 3.63) is 12.2 Å². The van der Waals surface area contributed by atoms with E-state index in [9.17, 15) is 0 Å². The molecule has 0 aromatic carbocycles. The van der Waals surface area contributed by atoms with Crippen molar-refractivity contribution in [3.8, 4) is 0 Å². The summed E-state index contributed by atoms with van der Waals surface area (Å²) in [5.74, 6) is 0. The van der Waals surface area contributed by atoms with Crippen LogP contribution in [0.15, 0.2) is 5.57 Å². The van der Waals surface area contributed by atoms with Gasteiger partial charge in [0.05, 0.1) is 0 Å². The Labute approximate surface area is 45.4 Å². The largest absolute Gasteiger partial charge is 1.00 e. The molecule has 0 aliphatic rings. The molecule has 0 heterocycles. The van der Waals surface area contributed by atoms with Gasteiger partial charge in [0.2, 0.25) is 0 Å². The Morgan fingerprint density at radius 1 is 1.40 bits per heavy atom. The summed E-state index contributed by atoms with van der Waals surface area (Å²) in [5, 5.41) is 0. The first-order chi connectivity index (χ1) is 1.73. The van der Waals surface area contributed by atoms with Gasteiger partial charge in [-0.05, 0) is 0 Å². The van der Waals surface area contributed by atoms with Crippen molar-refractivity contribution >= 4 is 0 Å². The van der Waals surface area contributed by atoms with Crippen molar-refractivity contribution < 1.29 is 18.9 Å². The molecule has 0 aromatic heterocycles. The third-order valence-electron chi connectivity index (χ3n) is 0. The minimum Gasteiger partial charge on any atom is -0.515 e. The van der Waals surface area contributed by atoms with Crippen molar-refractivity contribution in [3.63, 3.8) is 0 Å². The van der Waals surface area contributed by atoms with Gasteiger partial charge in [-0.15, -0.1) is 0 Å². The fourth-order valence-electron chi connectivity index (χ4n) is 0. The third-order valence-corrected chi connectivity index (χ3v) is 0. The summed E-state index contributed by atoms with van der Waals surface area (Å²) in [6.07, 6.45) is 0. The Morgan fingerprint density at radius 2 is 1.40 bits per heavy atom. The van der Waals surface area contributed by atoms with Crippen LogP contribution in [0.5, 0.6) is 0 Å². The van der Waals surface area contributed by atoms with Gasteiger partial charge in [0.15, 0.2) is 0 Å². The van der Waals surface area contributed by atoms with Gasteiger partial charge in [0.25, 0.3) is 0 Å². The molecule has 0 amide bonds. The van der Waals surface area contributed by atoms with Gasteiger partial charge in [0, 0.05) is 0 Å². The molecular formula is C4H7Li. The molecule has 0 saturated heterocycles. The van der Waals surface area contributed by atoms with E-state index in [-0.39, 0.29) is 18.9 Å². The van der Waals surface area contributed by atoms with Crippen LogP contribution in [0.1, 0.15) is 13.8 Å². The number of hydrogen-bond donors (Lipinski definition) is 0. The Morgan fingerprint density at radius 3 is 1.40 bits per heavy atom. The van der Waals surface area contributed by atoms with E-state index < -0.39 is 0 Å². The van der Waals surface area contributed by atoms with Crippen LogP contribution in [-0.4, -0.2) is 0 Å². The molecule has 0 spiro atoms. The maximum absolute atomic E-state index is 5.03. The van der Waals surface area contributed by atoms with Crippen molar-refractivity contribution in [2.24, 2.45) is 0 Å². The summed E-state index contributed by atoms with van der Waals surface area (Å²) < 4.78 is 0. The molecule has 0 N–H and O–H groups in total. The zero-order valence-electron chi connectivity index (χ0n) is 4.08. The normalized spacial score (nSPS) is 5.20. The Kier molecular flexibility index (Phi) is 7.82.